The number of piperazine rings is 1. The molecule has 0 bridgehead atoms. The van der Waals surface area contributed by atoms with Crippen molar-refractivity contribution in [3.05, 3.63) is 60.2 Å². The van der Waals surface area contributed by atoms with Crippen LogP contribution in [0.4, 0.5) is 16.2 Å². The number of rotatable bonds is 3. The second kappa shape index (κ2) is 9.22. The van der Waals surface area contributed by atoms with Crippen molar-refractivity contribution >= 4 is 35.7 Å². The first kappa shape index (κ1) is 19.8. The number of nitrogens with one attached hydrogen (secondary N) is 3. The van der Waals surface area contributed by atoms with Gasteiger partial charge in [0.1, 0.15) is 0 Å². The summed E-state index contributed by atoms with van der Waals surface area (Å²) in [5.74, 6) is 0.0225. The Morgan fingerprint density at radius 1 is 1.00 bits per heavy atom. The van der Waals surface area contributed by atoms with Crippen LogP contribution in [-0.2, 0) is 0 Å². The highest BCUT2D eigenvalue weighted by atomic mass is 35.5. The SMILES string of the molecule is CC1CNCCN1C(=O)c1ccc(NC(=O)Nc2ccccc2)cc1.Cl. The molecule has 0 spiro atoms. The Bertz CT molecular complexity index is 737. The van der Waals surface area contributed by atoms with Gasteiger partial charge in [-0.05, 0) is 43.3 Å². The Kier molecular flexibility index (Phi) is 7.00. The highest BCUT2D eigenvalue weighted by molar-refractivity contribution is 6.00. The lowest BCUT2D eigenvalue weighted by atomic mass is 10.1. The number of hydrogen-bond donors (Lipinski definition) is 3. The fourth-order valence-electron chi connectivity index (χ4n) is 2.82. The fourth-order valence-corrected chi connectivity index (χ4v) is 2.82. The zero-order chi connectivity index (χ0) is 17.6. The third-order valence-corrected chi connectivity index (χ3v) is 4.18. The van der Waals surface area contributed by atoms with Crippen molar-refractivity contribution in [2.75, 3.05) is 30.3 Å². The van der Waals surface area contributed by atoms with Crippen LogP contribution in [0.25, 0.3) is 0 Å². The number of carbonyl (C=O) groups excluding carboxylic acids is 2. The van der Waals surface area contributed by atoms with Crippen molar-refractivity contribution in [2.45, 2.75) is 13.0 Å². The van der Waals surface area contributed by atoms with E-state index in [1.165, 1.54) is 0 Å². The molecule has 1 aliphatic rings. The van der Waals surface area contributed by atoms with E-state index >= 15 is 0 Å². The summed E-state index contributed by atoms with van der Waals surface area (Å²) in [6, 6.07) is 16.1. The Hall–Kier alpha value is -2.57. The van der Waals surface area contributed by atoms with Crippen LogP contribution in [0.1, 0.15) is 17.3 Å². The lowest BCUT2D eigenvalue weighted by Gasteiger charge is -2.34. The maximum absolute atomic E-state index is 12.6. The third kappa shape index (κ3) is 4.97. The molecule has 2 aromatic rings. The first-order valence-electron chi connectivity index (χ1n) is 8.38. The molecule has 0 aliphatic carbocycles. The average Bonchev–Trinajstić information content (AvgIpc) is 2.63. The van der Waals surface area contributed by atoms with Crippen LogP contribution in [0.3, 0.4) is 0 Å². The number of para-hydroxylation sites is 1. The second-order valence-corrected chi connectivity index (χ2v) is 6.07. The molecule has 6 nitrogen and oxygen atoms in total. The predicted molar refractivity (Wildman–Crippen MR) is 106 cm³/mol. The first-order chi connectivity index (χ1) is 12.1. The molecule has 3 rings (SSSR count). The van der Waals surface area contributed by atoms with Gasteiger partial charge in [0.25, 0.3) is 5.91 Å². The number of nitrogens with zero attached hydrogens (tertiary/aromatic N) is 1. The zero-order valence-electron chi connectivity index (χ0n) is 14.6. The summed E-state index contributed by atoms with van der Waals surface area (Å²) in [6.45, 7) is 4.37. The van der Waals surface area contributed by atoms with Crippen LogP contribution in [0.5, 0.6) is 0 Å². The van der Waals surface area contributed by atoms with E-state index in [-0.39, 0.29) is 30.4 Å². The van der Waals surface area contributed by atoms with Crippen molar-refractivity contribution < 1.29 is 9.59 Å². The minimum Gasteiger partial charge on any atom is -0.333 e. The quantitative estimate of drug-likeness (QED) is 0.772. The van der Waals surface area contributed by atoms with E-state index in [1.807, 2.05) is 42.2 Å². The minimum absolute atomic E-state index is 0. The first-order valence-corrected chi connectivity index (χ1v) is 8.38. The summed E-state index contributed by atoms with van der Waals surface area (Å²) < 4.78 is 0. The normalized spacial score (nSPS) is 16.3. The second-order valence-electron chi connectivity index (χ2n) is 6.07. The van der Waals surface area contributed by atoms with Gasteiger partial charge >= 0.3 is 6.03 Å². The molecule has 1 unspecified atom stereocenters. The summed E-state index contributed by atoms with van der Waals surface area (Å²) >= 11 is 0. The molecule has 1 fully saturated rings. The lowest BCUT2D eigenvalue weighted by Crippen LogP contribution is -2.52. The van der Waals surface area contributed by atoms with Crippen LogP contribution < -0.4 is 16.0 Å². The number of amides is 3. The largest absolute Gasteiger partial charge is 0.333 e. The van der Waals surface area contributed by atoms with Crippen molar-refractivity contribution in [2.24, 2.45) is 0 Å². The van der Waals surface area contributed by atoms with Gasteiger partial charge in [-0.3, -0.25) is 4.79 Å². The molecule has 1 aliphatic heterocycles. The smallest absolute Gasteiger partial charge is 0.323 e. The van der Waals surface area contributed by atoms with Gasteiger partial charge in [-0.25, -0.2) is 4.79 Å². The number of benzene rings is 2. The summed E-state index contributed by atoms with van der Waals surface area (Å²) in [5, 5.41) is 8.79. The summed E-state index contributed by atoms with van der Waals surface area (Å²) in [7, 11) is 0. The number of carbonyl (C=O) groups is 2. The van der Waals surface area contributed by atoms with E-state index in [1.54, 1.807) is 24.3 Å². The Labute approximate surface area is 159 Å². The Balaban J connectivity index is 0.00000243. The van der Waals surface area contributed by atoms with Crippen LogP contribution in [0.15, 0.2) is 54.6 Å². The van der Waals surface area contributed by atoms with Crippen LogP contribution in [0.2, 0.25) is 0 Å². The molecule has 1 saturated heterocycles. The zero-order valence-corrected chi connectivity index (χ0v) is 15.4. The highest BCUT2D eigenvalue weighted by Crippen LogP contribution is 2.15. The minimum atomic E-state index is -0.319. The van der Waals surface area contributed by atoms with Crippen molar-refractivity contribution in [3.8, 4) is 0 Å². The fraction of sp³-hybridized carbons (Fsp3) is 0.263. The summed E-state index contributed by atoms with van der Waals surface area (Å²) in [6.07, 6.45) is 0. The molecular formula is C19H23ClN4O2. The van der Waals surface area contributed by atoms with Gasteiger partial charge in [0, 0.05) is 42.6 Å². The van der Waals surface area contributed by atoms with E-state index in [2.05, 4.69) is 16.0 Å². The van der Waals surface area contributed by atoms with E-state index in [4.69, 9.17) is 0 Å². The molecule has 1 atom stereocenters. The Morgan fingerprint density at radius 2 is 1.62 bits per heavy atom. The van der Waals surface area contributed by atoms with Gasteiger partial charge < -0.3 is 20.9 Å². The van der Waals surface area contributed by atoms with Gasteiger partial charge in [0.2, 0.25) is 0 Å². The van der Waals surface area contributed by atoms with E-state index in [0.717, 1.165) is 18.8 Å². The lowest BCUT2D eigenvalue weighted by molar-refractivity contribution is 0.0656. The molecule has 7 heteroatoms. The summed E-state index contributed by atoms with van der Waals surface area (Å²) in [4.78, 5) is 26.4. The Morgan fingerprint density at radius 3 is 2.23 bits per heavy atom. The molecule has 0 radical (unpaired) electrons. The molecule has 0 aromatic heterocycles. The van der Waals surface area contributed by atoms with Gasteiger partial charge in [-0.15, -0.1) is 12.4 Å². The molecule has 1 heterocycles. The molecule has 0 saturated carbocycles. The van der Waals surface area contributed by atoms with Crippen LogP contribution in [-0.4, -0.2) is 42.5 Å². The van der Waals surface area contributed by atoms with Crippen LogP contribution in [0, 0.1) is 0 Å². The van der Waals surface area contributed by atoms with E-state index in [0.29, 0.717) is 17.8 Å². The highest BCUT2D eigenvalue weighted by Gasteiger charge is 2.23. The average molecular weight is 375 g/mol. The van der Waals surface area contributed by atoms with Gasteiger partial charge in [-0.2, -0.15) is 0 Å². The maximum Gasteiger partial charge on any atom is 0.323 e. The number of anilines is 2. The van der Waals surface area contributed by atoms with Crippen molar-refractivity contribution in [1.29, 1.82) is 0 Å². The van der Waals surface area contributed by atoms with Gasteiger partial charge in [0.15, 0.2) is 0 Å². The van der Waals surface area contributed by atoms with Crippen molar-refractivity contribution in [3.63, 3.8) is 0 Å². The molecule has 138 valence electrons. The number of hydrogen-bond acceptors (Lipinski definition) is 3. The number of halogens is 1. The van der Waals surface area contributed by atoms with Crippen LogP contribution >= 0.6 is 12.4 Å². The van der Waals surface area contributed by atoms with E-state index < -0.39 is 0 Å². The monoisotopic (exact) mass is 374 g/mol. The maximum atomic E-state index is 12.6. The molecule has 3 N–H and O–H groups in total. The standard InChI is InChI=1S/C19H22N4O2.ClH/c1-14-13-20-11-12-23(14)18(24)15-7-9-17(10-8-15)22-19(25)21-16-5-3-2-4-6-16;/h2-10,14,20H,11-13H2,1H3,(H2,21,22,25);1H. The molecule has 2 aromatic carbocycles. The molecular weight excluding hydrogens is 352 g/mol. The molecule has 26 heavy (non-hydrogen) atoms. The van der Waals surface area contributed by atoms with Gasteiger partial charge in [0.05, 0.1) is 0 Å². The van der Waals surface area contributed by atoms with Gasteiger partial charge in [-0.1, -0.05) is 18.2 Å². The summed E-state index contributed by atoms with van der Waals surface area (Å²) in [5.41, 5.74) is 1.99. The third-order valence-electron chi connectivity index (χ3n) is 4.18. The van der Waals surface area contributed by atoms with E-state index in [9.17, 15) is 9.59 Å². The topological polar surface area (TPSA) is 73.5 Å². The predicted octanol–water partition coefficient (Wildman–Crippen LogP) is 3.19. The van der Waals surface area contributed by atoms with Crippen molar-refractivity contribution in [1.82, 2.24) is 10.2 Å². The molecule has 3 amide bonds. The number of urea groups is 1.